The van der Waals surface area contributed by atoms with Crippen LogP contribution in [0.3, 0.4) is 0 Å². The molecule has 7 nitrogen and oxygen atoms in total. The normalized spacial score (nSPS) is 19.0. The molecule has 2 rings (SSSR count). The smallest absolute Gasteiger partial charge is 0.330 e. The van der Waals surface area contributed by atoms with E-state index in [4.69, 9.17) is 4.74 Å². The molecule has 19 heavy (non-hydrogen) atoms. The summed E-state index contributed by atoms with van der Waals surface area (Å²) in [5.74, 6) is -0.639. The van der Waals surface area contributed by atoms with E-state index in [1.807, 2.05) is 0 Å². The van der Waals surface area contributed by atoms with Crippen LogP contribution in [0.2, 0.25) is 0 Å². The van der Waals surface area contributed by atoms with Crippen molar-refractivity contribution in [2.24, 2.45) is 0 Å². The lowest BCUT2D eigenvalue weighted by atomic mass is 10.1. The first kappa shape index (κ1) is 13.4. The molecule has 1 unspecified atom stereocenters. The minimum atomic E-state index is -0.596. The van der Waals surface area contributed by atoms with Gasteiger partial charge in [0.1, 0.15) is 12.4 Å². The van der Waals surface area contributed by atoms with Crippen molar-refractivity contribution >= 4 is 11.9 Å². The van der Waals surface area contributed by atoms with Crippen molar-refractivity contribution in [2.75, 3.05) is 26.2 Å². The van der Waals surface area contributed by atoms with Gasteiger partial charge in [-0.2, -0.15) is 0 Å². The zero-order chi connectivity index (χ0) is 13.7. The highest BCUT2D eigenvalue weighted by atomic mass is 16.5. The van der Waals surface area contributed by atoms with Gasteiger partial charge in [-0.05, 0) is 6.92 Å². The molecule has 102 valence electrons. The standard InChI is InChI=1S/C12H16N4O3/c1-2-19-12(18)10-7-13-3-4-16(10)11(17)9-5-14-8-15-6-9/h5-6,8,10,13H,2-4,7H2,1H3. The number of piperazine rings is 1. The second-order valence-corrected chi connectivity index (χ2v) is 4.10. The fourth-order valence-electron chi connectivity index (χ4n) is 1.97. The lowest BCUT2D eigenvalue weighted by molar-refractivity contribution is -0.149. The minimum Gasteiger partial charge on any atom is -0.464 e. The number of hydrogen-bond acceptors (Lipinski definition) is 6. The molecule has 7 heteroatoms. The summed E-state index contributed by atoms with van der Waals surface area (Å²) in [5, 5.41) is 3.08. The van der Waals surface area contributed by atoms with Crippen molar-refractivity contribution in [3.63, 3.8) is 0 Å². The SMILES string of the molecule is CCOC(=O)C1CNCCN1C(=O)c1cncnc1. The quantitative estimate of drug-likeness (QED) is 0.738. The Labute approximate surface area is 111 Å². The zero-order valence-electron chi connectivity index (χ0n) is 10.7. The van der Waals surface area contributed by atoms with Crippen molar-refractivity contribution in [3.8, 4) is 0 Å². The van der Waals surface area contributed by atoms with E-state index in [2.05, 4.69) is 15.3 Å². The van der Waals surface area contributed by atoms with Crippen LogP contribution in [0.15, 0.2) is 18.7 Å². The topological polar surface area (TPSA) is 84.4 Å². The lowest BCUT2D eigenvalue weighted by Gasteiger charge is -2.34. The first-order chi connectivity index (χ1) is 9.24. The third-order valence-corrected chi connectivity index (χ3v) is 2.87. The second kappa shape index (κ2) is 6.24. The van der Waals surface area contributed by atoms with Crippen LogP contribution in [-0.2, 0) is 9.53 Å². The second-order valence-electron chi connectivity index (χ2n) is 4.10. The Morgan fingerprint density at radius 3 is 2.89 bits per heavy atom. The summed E-state index contributed by atoms with van der Waals surface area (Å²) in [4.78, 5) is 33.3. The van der Waals surface area contributed by atoms with Gasteiger partial charge in [0.25, 0.3) is 5.91 Å². The molecular weight excluding hydrogens is 248 g/mol. The molecule has 2 heterocycles. The van der Waals surface area contributed by atoms with Gasteiger partial charge in [-0.25, -0.2) is 14.8 Å². The molecule has 0 saturated carbocycles. The molecule has 1 saturated heterocycles. The molecule has 1 amide bonds. The van der Waals surface area contributed by atoms with E-state index in [-0.39, 0.29) is 11.9 Å². The molecule has 1 aliphatic rings. The maximum absolute atomic E-state index is 12.3. The van der Waals surface area contributed by atoms with Crippen LogP contribution >= 0.6 is 0 Å². The third-order valence-electron chi connectivity index (χ3n) is 2.87. The van der Waals surface area contributed by atoms with Gasteiger partial charge in [0.05, 0.1) is 12.2 Å². The molecule has 1 aromatic rings. The van der Waals surface area contributed by atoms with E-state index >= 15 is 0 Å². The van der Waals surface area contributed by atoms with Gasteiger partial charge >= 0.3 is 5.97 Å². The number of carbonyl (C=O) groups is 2. The van der Waals surface area contributed by atoms with Gasteiger partial charge in [-0.15, -0.1) is 0 Å². The summed E-state index contributed by atoms with van der Waals surface area (Å²) in [7, 11) is 0. The Morgan fingerprint density at radius 1 is 1.47 bits per heavy atom. The molecular formula is C12H16N4O3. The summed E-state index contributed by atoms with van der Waals surface area (Å²) in [5.41, 5.74) is 0.374. The summed E-state index contributed by atoms with van der Waals surface area (Å²) < 4.78 is 4.99. The van der Waals surface area contributed by atoms with Crippen LogP contribution in [0.25, 0.3) is 0 Å². The average Bonchev–Trinajstić information content (AvgIpc) is 2.47. The minimum absolute atomic E-state index is 0.250. The Balaban J connectivity index is 2.15. The molecule has 0 aliphatic carbocycles. The third kappa shape index (κ3) is 3.05. The lowest BCUT2D eigenvalue weighted by Crippen LogP contribution is -2.57. The molecule has 0 radical (unpaired) electrons. The van der Waals surface area contributed by atoms with Gasteiger partial charge in [0.2, 0.25) is 0 Å². The Bertz CT molecular complexity index is 452. The zero-order valence-corrected chi connectivity index (χ0v) is 10.7. The van der Waals surface area contributed by atoms with Crippen molar-refractivity contribution in [2.45, 2.75) is 13.0 Å². The van der Waals surface area contributed by atoms with E-state index in [0.717, 1.165) is 0 Å². The van der Waals surface area contributed by atoms with Gasteiger partial charge < -0.3 is 15.0 Å². The predicted octanol–water partition coefficient (Wildman–Crippen LogP) is -0.546. The highest BCUT2D eigenvalue weighted by Crippen LogP contribution is 2.10. The summed E-state index contributed by atoms with van der Waals surface area (Å²) >= 11 is 0. The number of nitrogens with zero attached hydrogens (tertiary/aromatic N) is 3. The summed E-state index contributed by atoms with van der Waals surface area (Å²) in [6.07, 6.45) is 4.25. The number of ether oxygens (including phenoxy) is 1. The van der Waals surface area contributed by atoms with E-state index < -0.39 is 6.04 Å². The van der Waals surface area contributed by atoms with Crippen molar-refractivity contribution < 1.29 is 14.3 Å². The molecule has 1 atom stereocenters. The highest BCUT2D eigenvalue weighted by Gasteiger charge is 2.33. The number of amides is 1. The number of nitrogens with one attached hydrogen (secondary N) is 1. The molecule has 0 aromatic carbocycles. The maximum Gasteiger partial charge on any atom is 0.330 e. The predicted molar refractivity (Wildman–Crippen MR) is 66.4 cm³/mol. The molecule has 1 aliphatic heterocycles. The maximum atomic E-state index is 12.3. The first-order valence-electron chi connectivity index (χ1n) is 6.17. The molecule has 1 fully saturated rings. The van der Waals surface area contributed by atoms with Crippen molar-refractivity contribution in [1.29, 1.82) is 0 Å². The van der Waals surface area contributed by atoms with Gasteiger partial charge in [0, 0.05) is 32.0 Å². The summed E-state index contributed by atoms with van der Waals surface area (Å²) in [6.45, 7) is 3.54. The van der Waals surface area contributed by atoms with Crippen LogP contribution < -0.4 is 5.32 Å². The molecule has 0 spiro atoms. The van der Waals surface area contributed by atoms with Crippen LogP contribution in [0, 0.1) is 0 Å². The van der Waals surface area contributed by atoms with Gasteiger partial charge in [-0.3, -0.25) is 4.79 Å². The average molecular weight is 264 g/mol. The monoisotopic (exact) mass is 264 g/mol. The van der Waals surface area contributed by atoms with E-state index in [1.54, 1.807) is 6.92 Å². The largest absolute Gasteiger partial charge is 0.464 e. The van der Waals surface area contributed by atoms with E-state index in [9.17, 15) is 9.59 Å². The number of hydrogen-bond donors (Lipinski definition) is 1. The fraction of sp³-hybridized carbons (Fsp3) is 0.500. The molecule has 1 N–H and O–H groups in total. The number of carbonyl (C=O) groups excluding carboxylic acids is 2. The van der Waals surface area contributed by atoms with E-state index in [0.29, 0.717) is 31.8 Å². The van der Waals surface area contributed by atoms with Crippen molar-refractivity contribution in [3.05, 3.63) is 24.3 Å². The Kier molecular flexibility index (Phi) is 4.40. The number of esters is 1. The van der Waals surface area contributed by atoms with Gasteiger partial charge in [-0.1, -0.05) is 0 Å². The van der Waals surface area contributed by atoms with Gasteiger partial charge in [0.15, 0.2) is 0 Å². The first-order valence-corrected chi connectivity index (χ1v) is 6.17. The van der Waals surface area contributed by atoms with Crippen LogP contribution in [-0.4, -0.2) is 59.0 Å². The number of aromatic nitrogens is 2. The van der Waals surface area contributed by atoms with Crippen molar-refractivity contribution in [1.82, 2.24) is 20.2 Å². The Morgan fingerprint density at radius 2 is 2.21 bits per heavy atom. The van der Waals surface area contributed by atoms with Crippen LogP contribution in [0.5, 0.6) is 0 Å². The highest BCUT2D eigenvalue weighted by molar-refractivity contribution is 5.96. The van der Waals surface area contributed by atoms with E-state index in [1.165, 1.54) is 23.6 Å². The summed E-state index contributed by atoms with van der Waals surface area (Å²) in [6, 6.07) is -0.596. The fourth-order valence-corrected chi connectivity index (χ4v) is 1.97. The number of rotatable bonds is 3. The van der Waals surface area contributed by atoms with Crippen LogP contribution in [0.4, 0.5) is 0 Å². The molecule has 0 bridgehead atoms. The molecule has 1 aromatic heterocycles. The van der Waals surface area contributed by atoms with Crippen LogP contribution in [0.1, 0.15) is 17.3 Å². The Hall–Kier alpha value is -2.02.